The molecule has 1 aliphatic carbocycles. The highest BCUT2D eigenvalue weighted by molar-refractivity contribution is 5.89. The minimum atomic E-state index is -1.05. The van der Waals surface area contributed by atoms with Crippen LogP contribution in [0, 0.1) is 11.8 Å². The summed E-state index contributed by atoms with van der Waals surface area (Å²) >= 11 is 0. The van der Waals surface area contributed by atoms with Gasteiger partial charge in [-0.1, -0.05) is 18.2 Å². The maximum absolute atomic E-state index is 12.0. The van der Waals surface area contributed by atoms with E-state index in [0.717, 1.165) is 0 Å². The van der Waals surface area contributed by atoms with Crippen molar-refractivity contribution in [2.24, 2.45) is 11.8 Å². The van der Waals surface area contributed by atoms with Crippen LogP contribution in [0.1, 0.15) is 23.2 Å². The molecule has 0 aromatic heterocycles. The number of aliphatic carboxylic acids is 1. The molecule has 6 nitrogen and oxygen atoms in total. The van der Waals surface area contributed by atoms with Gasteiger partial charge in [-0.25, -0.2) is 4.79 Å². The van der Waals surface area contributed by atoms with Gasteiger partial charge in [0.15, 0.2) is 0 Å². The molecule has 0 bridgehead atoms. The van der Waals surface area contributed by atoms with Crippen LogP contribution in [-0.4, -0.2) is 46.1 Å². The highest BCUT2D eigenvalue weighted by atomic mass is 16.5. The van der Waals surface area contributed by atoms with Crippen LogP contribution in [0.25, 0.3) is 0 Å². The first-order valence-electron chi connectivity index (χ1n) is 6.79. The minimum Gasteiger partial charge on any atom is -0.481 e. The summed E-state index contributed by atoms with van der Waals surface area (Å²) in [7, 11) is 0. The molecule has 1 fully saturated rings. The largest absolute Gasteiger partial charge is 0.481 e. The van der Waals surface area contributed by atoms with Gasteiger partial charge < -0.3 is 20.1 Å². The Hall–Kier alpha value is -1.92. The lowest BCUT2D eigenvalue weighted by molar-refractivity contribution is -0.139. The Bertz CT molecular complexity index is 500. The van der Waals surface area contributed by atoms with Crippen molar-refractivity contribution >= 4 is 11.9 Å². The zero-order chi connectivity index (χ0) is 15.4. The first-order valence-corrected chi connectivity index (χ1v) is 6.79. The third-order valence-corrected chi connectivity index (χ3v) is 3.88. The number of aliphatic hydroxyl groups excluding tert-OH is 2. The summed E-state index contributed by atoms with van der Waals surface area (Å²) in [5.41, 5.74) is 0.380. The number of ether oxygens (including phenoxy) is 1. The van der Waals surface area contributed by atoms with Crippen molar-refractivity contribution in [2.45, 2.75) is 25.0 Å². The lowest BCUT2D eigenvalue weighted by Gasteiger charge is -2.22. The monoisotopic (exact) mass is 294 g/mol. The molecule has 0 saturated heterocycles. The van der Waals surface area contributed by atoms with Crippen LogP contribution in [0.4, 0.5) is 0 Å². The summed E-state index contributed by atoms with van der Waals surface area (Å²) < 4.78 is 5.33. The Balaban J connectivity index is 2.06. The maximum atomic E-state index is 12.0. The Labute approximate surface area is 122 Å². The average Bonchev–Trinajstić information content (AvgIpc) is 2.74. The van der Waals surface area contributed by atoms with Crippen molar-refractivity contribution in [2.75, 3.05) is 6.61 Å². The summed E-state index contributed by atoms with van der Waals surface area (Å²) in [6, 6.07) is 8.40. The van der Waals surface area contributed by atoms with E-state index in [-0.39, 0.29) is 19.4 Å². The zero-order valence-electron chi connectivity index (χ0n) is 11.4. The number of hydrogen-bond donors (Lipinski definition) is 3. The maximum Gasteiger partial charge on any atom is 0.338 e. The molecule has 2 rings (SSSR count). The first kappa shape index (κ1) is 15.5. The highest BCUT2D eigenvalue weighted by Gasteiger charge is 2.45. The minimum absolute atomic E-state index is 0.141. The van der Waals surface area contributed by atoms with E-state index in [1.807, 2.05) is 0 Å². The van der Waals surface area contributed by atoms with E-state index < -0.39 is 36.0 Å². The number of benzene rings is 1. The van der Waals surface area contributed by atoms with Gasteiger partial charge in [-0.2, -0.15) is 0 Å². The number of aliphatic hydroxyl groups is 2. The molecule has 1 saturated carbocycles. The fraction of sp³-hybridized carbons (Fsp3) is 0.467. The van der Waals surface area contributed by atoms with Gasteiger partial charge in [0.25, 0.3) is 0 Å². The topological polar surface area (TPSA) is 104 Å². The molecule has 0 unspecified atom stereocenters. The average molecular weight is 294 g/mol. The molecular formula is C15H18O6. The van der Waals surface area contributed by atoms with Crippen LogP contribution < -0.4 is 0 Å². The standard InChI is InChI=1S/C15H18O6/c16-8-11-10(6-14(18)19)12(17)7-13(11)21-15(20)9-4-2-1-3-5-9/h1-5,10-13,16-17H,6-8H2,(H,18,19)/t10-,11+,12-,13-/m1/s1. The van der Waals surface area contributed by atoms with Crippen molar-refractivity contribution in [3.63, 3.8) is 0 Å². The van der Waals surface area contributed by atoms with E-state index in [1.54, 1.807) is 30.3 Å². The molecule has 0 amide bonds. The third-order valence-electron chi connectivity index (χ3n) is 3.88. The molecule has 114 valence electrons. The van der Waals surface area contributed by atoms with Crippen LogP contribution in [0.2, 0.25) is 0 Å². The van der Waals surface area contributed by atoms with E-state index in [9.17, 15) is 19.8 Å². The van der Waals surface area contributed by atoms with Crippen molar-refractivity contribution in [3.05, 3.63) is 35.9 Å². The fourth-order valence-electron chi connectivity index (χ4n) is 2.81. The quantitative estimate of drug-likeness (QED) is 0.690. The highest BCUT2D eigenvalue weighted by Crippen LogP contribution is 2.36. The van der Waals surface area contributed by atoms with E-state index in [4.69, 9.17) is 9.84 Å². The summed E-state index contributed by atoms with van der Waals surface area (Å²) in [6.45, 7) is -0.332. The molecular weight excluding hydrogens is 276 g/mol. The Morgan fingerprint density at radius 2 is 1.86 bits per heavy atom. The number of esters is 1. The van der Waals surface area contributed by atoms with E-state index in [2.05, 4.69) is 0 Å². The second-order valence-corrected chi connectivity index (χ2v) is 5.22. The van der Waals surface area contributed by atoms with Crippen LogP contribution in [0.5, 0.6) is 0 Å². The summed E-state index contributed by atoms with van der Waals surface area (Å²) in [5, 5.41) is 28.2. The molecule has 1 aliphatic rings. The Kier molecular flexibility index (Phi) is 4.93. The summed E-state index contributed by atoms with van der Waals surface area (Å²) in [6.07, 6.45) is -1.69. The van der Waals surface area contributed by atoms with E-state index in [0.29, 0.717) is 5.56 Å². The van der Waals surface area contributed by atoms with Crippen molar-refractivity contribution < 1.29 is 29.6 Å². The number of carbonyl (C=O) groups is 2. The smallest absolute Gasteiger partial charge is 0.338 e. The molecule has 0 aliphatic heterocycles. The van der Waals surface area contributed by atoms with Gasteiger partial charge in [0.2, 0.25) is 0 Å². The van der Waals surface area contributed by atoms with Gasteiger partial charge in [0, 0.05) is 24.9 Å². The van der Waals surface area contributed by atoms with E-state index in [1.165, 1.54) is 0 Å². The molecule has 3 N–H and O–H groups in total. The van der Waals surface area contributed by atoms with Crippen LogP contribution in [0.3, 0.4) is 0 Å². The summed E-state index contributed by atoms with van der Waals surface area (Å²) in [5.74, 6) is -2.76. The van der Waals surface area contributed by atoms with Crippen LogP contribution in [0.15, 0.2) is 30.3 Å². The predicted molar refractivity (Wildman–Crippen MR) is 72.6 cm³/mol. The van der Waals surface area contributed by atoms with Gasteiger partial charge >= 0.3 is 11.9 Å². The van der Waals surface area contributed by atoms with Gasteiger partial charge in [-0.15, -0.1) is 0 Å². The lowest BCUT2D eigenvalue weighted by atomic mass is 9.91. The van der Waals surface area contributed by atoms with Crippen LogP contribution >= 0.6 is 0 Å². The second-order valence-electron chi connectivity index (χ2n) is 5.22. The number of carbonyl (C=O) groups excluding carboxylic acids is 1. The number of hydrogen-bond acceptors (Lipinski definition) is 5. The molecule has 4 atom stereocenters. The Morgan fingerprint density at radius 1 is 1.19 bits per heavy atom. The lowest BCUT2D eigenvalue weighted by Crippen LogP contribution is -2.30. The van der Waals surface area contributed by atoms with Gasteiger partial charge in [-0.3, -0.25) is 4.79 Å². The molecule has 0 radical (unpaired) electrons. The predicted octanol–water partition coefficient (Wildman–Crippen LogP) is 0.676. The molecule has 6 heteroatoms. The van der Waals surface area contributed by atoms with Gasteiger partial charge in [0.05, 0.1) is 18.1 Å². The SMILES string of the molecule is O=C(O)C[C@@H]1[C@H](CO)[C@H](OC(=O)c2ccccc2)C[C@H]1O. The molecule has 21 heavy (non-hydrogen) atoms. The van der Waals surface area contributed by atoms with Gasteiger partial charge in [-0.05, 0) is 12.1 Å². The normalized spacial score (nSPS) is 28.3. The number of carboxylic acids is 1. The molecule has 1 aromatic carbocycles. The zero-order valence-corrected chi connectivity index (χ0v) is 11.4. The van der Waals surface area contributed by atoms with Crippen LogP contribution in [-0.2, 0) is 9.53 Å². The van der Waals surface area contributed by atoms with Crippen molar-refractivity contribution in [3.8, 4) is 0 Å². The van der Waals surface area contributed by atoms with Gasteiger partial charge in [0.1, 0.15) is 6.10 Å². The molecule has 0 spiro atoms. The fourth-order valence-corrected chi connectivity index (χ4v) is 2.81. The van der Waals surface area contributed by atoms with Crippen molar-refractivity contribution in [1.29, 1.82) is 0 Å². The van der Waals surface area contributed by atoms with E-state index >= 15 is 0 Å². The first-order chi connectivity index (χ1) is 10.0. The number of rotatable bonds is 5. The van der Waals surface area contributed by atoms with Crippen molar-refractivity contribution in [1.82, 2.24) is 0 Å². The Morgan fingerprint density at radius 3 is 2.43 bits per heavy atom. The molecule has 1 aromatic rings. The third kappa shape index (κ3) is 3.59. The molecule has 0 heterocycles. The second kappa shape index (κ2) is 6.69. The summed E-state index contributed by atoms with van der Waals surface area (Å²) in [4.78, 5) is 22.8. The number of carboxylic acid groups (broad SMARTS) is 1.